The van der Waals surface area contributed by atoms with E-state index in [1.165, 1.54) is 12.1 Å². The van der Waals surface area contributed by atoms with Crippen LogP contribution >= 0.6 is 11.6 Å². The minimum absolute atomic E-state index is 0.0402. The fraction of sp³-hybridized carbons (Fsp3) is 0.240. The van der Waals surface area contributed by atoms with Gasteiger partial charge >= 0.3 is 6.03 Å². The number of nitrogens with one attached hydrogen (secondary N) is 1. The smallest absolute Gasteiger partial charge is 0.321 e. The minimum atomic E-state index is -0.276. The van der Waals surface area contributed by atoms with Gasteiger partial charge in [-0.05, 0) is 54.1 Å². The van der Waals surface area contributed by atoms with Crippen LogP contribution in [-0.2, 0) is 6.61 Å². The van der Waals surface area contributed by atoms with Crippen molar-refractivity contribution in [2.45, 2.75) is 25.6 Å². The second-order valence-electron chi connectivity index (χ2n) is 7.60. The lowest BCUT2D eigenvalue weighted by Gasteiger charge is -2.32. The number of carbonyl (C=O) groups excluding carboxylic acids is 1. The summed E-state index contributed by atoms with van der Waals surface area (Å²) in [5.74, 6) is 1.16. The second kappa shape index (κ2) is 10.4. The van der Waals surface area contributed by atoms with E-state index in [1.54, 1.807) is 23.1 Å². The van der Waals surface area contributed by atoms with Crippen LogP contribution in [0, 0.1) is 5.82 Å². The first-order valence-corrected chi connectivity index (χ1v) is 10.9. The van der Waals surface area contributed by atoms with Gasteiger partial charge in [-0.3, -0.25) is 0 Å². The summed E-state index contributed by atoms with van der Waals surface area (Å²) in [6.45, 7) is 1.51. The fourth-order valence-corrected chi connectivity index (χ4v) is 3.72. The van der Waals surface area contributed by atoms with E-state index in [-0.39, 0.29) is 18.0 Å². The molecule has 1 saturated heterocycles. The van der Waals surface area contributed by atoms with Gasteiger partial charge < -0.3 is 19.7 Å². The van der Waals surface area contributed by atoms with Gasteiger partial charge in [0.1, 0.15) is 30.0 Å². The van der Waals surface area contributed by atoms with Crippen molar-refractivity contribution in [2.75, 3.05) is 18.4 Å². The normalized spacial score (nSPS) is 14.1. The molecule has 1 heterocycles. The van der Waals surface area contributed by atoms with E-state index in [1.807, 2.05) is 42.5 Å². The summed E-state index contributed by atoms with van der Waals surface area (Å²) in [7, 11) is 0. The number of carbonyl (C=O) groups is 1. The van der Waals surface area contributed by atoms with Crippen molar-refractivity contribution in [3.8, 4) is 11.5 Å². The average Bonchev–Trinajstić information content (AvgIpc) is 2.81. The average molecular weight is 455 g/mol. The highest BCUT2D eigenvalue weighted by molar-refractivity contribution is 6.33. The quantitative estimate of drug-likeness (QED) is 0.487. The first kappa shape index (κ1) is 22.0. The number of amides is 2. The molecule has 0 bridgehead atoms. The largest absolute Gasteiger partial charge is 0.490 e. The third-order valence-electron chi connectivity index (χ3n) is 5.27. The Kier molecular flexibility index (Phi) is 7.12. The molecule has 1 aliphatic rings. The van der Waals surface area contributed by atoms with Crippen molar-refractivity contribution in [3.63, 3.8) is 0 Å². The van der Waals surface area contributed by atoms with Crippen LogP contribution in [0.3, 0.4) is 0 Å². The zero-order chi connectivity index (χ0) is 22.3. The van der Waals surface area contributed by atoms with Crippen molar-refractivity contribution < 1.29 is 18.7 Å². The van der Waals surface area contributed by atoms with Gasteiger partial charge in [0.2, 0.25) is 0 Å². The Hall–Kier alpha value is -3.25. The van der Waals surface area contributed by atoms with Gasteiger partial charge in [-0.15, -0.1) is 0 Å². The Balaban J connectivity index is 1.22. The van der Waals surface area contributed by atoms with Gasteiger partial charge in [0.05, 0.1) is 10.7 Å². The number of urea groups is 1. The first-order chi connectivity index (χ1) is 15.6. The summed E-state index contributed by atoms with van der Waals surface area (Å²) in [4.78, 5) is 14.3. The SMILES string of the molecule is O=C(Nc1ccccc1Cl)N1CCC(Oc2ccc(OCc3cccc(F)c3)cc2)CC1. The standard InChI is InChI=1S/C25H24ClFN2O3/c26-23-6-1-2-7-24(23)28-25(30)29-14-12-22(13-15-29)32-21-10-8-20(9-11-21)31-17-18-4-3-5-19(27)16-18/h1-11,16,22H,12-15,17H2,(H,28,30). The molecular formula is C25H24ClFN2O3. The number of hydrogen-bond acceptors (Lipinski definition) is 3. The lowest BCUT2D eigenvalue weighted by Crippen LogP contribution is -2.43. The second-order valence-corrected chi connectivity index (χ2v) is 8.01. The predicted octanol–water partition coefficient (Wildman–Crippen LogP) is 6.13. The molecule has 4 rings (SSSR count). The Labute approximate surface area is 191 Å². The van der Waals surface area contributed by atoms with Gasteiger partial charge in [-0.25, -0.2) is 9.18 Å². The van der Waals surface area contributed by atoms with Crippen molar-refractivity contribution in [1.29, 1.82) is 0 Å². The van der Waals surface area contributed by atoms with Crippen LogP contribution in [0.2, 0.25) is 5.02 Å². The van der Waals surface area contributed by atoms with Crippen molar-refractivity contribution in [3.05, 3.63) is 89.2 Å². The summed E-state index contributed by atoms with van der Waals surface area (Å²) in [5, 5.41) is 3.37. The first-order valence-electron chi connectivity index (χ1n) is 10.5. The van der Waals surface area contributed by atoms with E-state index in [9.17, 15) is 9.18 Å². The molecule has 0 atom stereocenters. The molecule has 0 saturated carbocycles. The van der Waals surface area contributed by atoms with E-state index < -0.39 is 0 Å². The molecule has 7 heteroatoms. The molecule has 0 unspecified atom stereocenters. The van der Waals surface area contributed by atoms with Gasteiger partial charge in [0.15, 0.2) is 0 Å². The maximum absolute atomic E-state index is 13.2. The maximum Gasteiger partial charge on any atom is 0.321 e. The lowest BCUT2D eigenvalue weighted by atomic mass is 10.1. The molecule has 1 aliphatic heterocycles. The molecule has 5 nitrogen and oxygen atoms in total. The summed E-state index contributed by atoms with van der Waals surface area (Å²) in [5.41, 5.74) is 1.38. The number of rotatable bonds is 6. The fourth-order valence-electron chi connectivity index (χ4n) is 3.53. The Morgan fingerprint density at radius 2 is 1.72 bits per heavy atom. The zero-order valence-electron chi connectivity index (χ0n) is 17.5. The Morgan fingerprint density at radius 3 is 2.44 bits per heavy atom. The molecule has 166 valence electrons. The number of anilines is 1. The number of nitrogens with zero attached hydrogens (tertiary/aromatic N) is 1. The monoisotopic (exact) mass is 454 g/mol. The van der Waals surface area contributed by atoms with Crippen molar-refractivity contribution >= 4 is 23.3 Å². The maximum atomic E-state index is 13.2. The van der Waals surface area contributed by atoms with E-state index in [0.717, 1.165) is 24.2 Å². The topological polar surface area (TPSA) is 50.8 Å². The highest BCUT2D eigenvalue weighted by atomic mass is 35.5. The number of hydrogen-bond donors (Lipinski definition) is 1. The summed E-state index contributed by atoms with van der Waals surface area (Å²) in [6, 6.07) is 20.8. The Bertz CT molecular complexity index is 1050. The lowest BCUT2D eigenvalue weighted by molar-refractivity contribution is 0.115. The van der Waals surface area contributed by atoms with E-state index >= 15 is 0 Å². The van der Waals surface area contributed by atoms with Crippen molar-refractivity contribution in [2.24, 2.45) is 0 Å². The predicted molar refractivity (Wildman–Crippen MR) is 123 cm³/mol. The third-order valence-corrected chi connectivity index (χ3v) is 5.60. The number of benzene rings is 3. The summed E-state index contributed by atoms with van der Waals surface area (Å²) in [6.07, 6.45) is 1.53. The minimum Gasteiger partial charge on any atom is -0.490 e. The Morgan fingerprint density at radius 1 is 1.00 bits per heavy atom. The molecular weight excluding hydrogens is 431 g/mol. The number of para-hydroxylation sites is 1. The van der Waals surface area contributed by atoms with Crippen LogP contribution in [-0.4, -0.2) is 30.1 Å². The van der Waals surface area contributed by atoms with Gasteiger partial charge in [0, 0.05) is 25.9 Å². The van der Waals surface area contributed by atoms with Crippen molar-refractivity contribution in [1.82, 2.24) is 4.90 Å². The molecule has 3 aromatic rings. The van der Waals surface area contributed by atoms with Gasteiger partial charge in [-0.1, -0.05) is 35.9 Å². The molecule has 1 N–H and O–H groups in total. The molecule has 2 amide bonds. The molecule has 1 fully saturated rings. The van der Waals surface area contributed by atoms with E-state index in [2.05, 4.69) is 5.32 Å². The number of piperidine rings is 1. The van der Waals surface area contributed by atoms with E-state index in [0.29, 0.717) is 36.2 Å². The molecule has 3 aromatic carbocycles. The molecule has 0 aromatic heterocycles. The highest BCUT2D eigenvalue weighted by Crippen LogP contribution is 2.24. The van der Waals surface area contributed by atoms with Crippen LogP contribution in [0.4, 0.5) is 14.9 Å². The van der Waals surface area contributed by atoms with Gasteiger partial charge in [0.25, 0.3) is 0 Å². The van der Waals surface area contributed by atoms with Crippen LogP contribution < -0.4 is 14.8 Å². The third kappa shape index (κ3) is 5.92. The number of halogens is 2. The number of ether oxygens (including phenoxy) is 2. The molecule has 0 spiro atoms. The molecule has 32 heavy (non-hydrogen) atoms. The van der Waals surface area contributed by atoms with Crippen LogP contribution in [0.5, 0.6) is 11.5 Å². The van der Waals surface area contributed by atoms with Crippen LogP contribution in [0.15, 0.2) is 72.8 Å². The van der Waals surface area contributed by atoms with Crippen LogP contribution in [0.25, 0.3) is 0 Å². The molecule has 0 radical (unpaired) electrons. The highest BCUT2D eigenvalue weighted by Gasteiger charge is 2.24. The summed E-state index contributed by atoms with van der Waals surface area (Å²) >= 11 is 6.11. The number of likely N-dealkylation sites (tertiary alicyclic amines) is 1. The summed E-state index contributed by atoms with van der Waals surface area (Å²) < 4.78 is 25.0. The molecule has 0 aliphatic carbocycles. The van der Waals surface area contributed by atoms with Crippen LogP contribution in [0.1, 0.15) is 18.4 Å². The zero-order valence-corrected chi connectivity index (χ0v) is 18.2. The van der Waals surface area contributed by atoms with E-state index in [4.69, 9.17) is 21.1 Å². The van der Waals surface area contributed by atoms with Gasteiger partial charge in [-0.2, -0.15) is 0 Å².